The smallest absolute Gasteiger partial charge is 0.407 e. The van der Waals surface area contributed by atoms with Crippen molar-refractivity contribution in [1.82, 2.24) is 15.6 Å². The highest BCUT2D eigenvalue weighted by atomic mass is 32.1. The van der Waals surface area contributed by atoms with Gasteiger partial charge >= 0.3 is 12.1 Å². The van der Waals surface area contributed by atoms with Crippen LogP contribution in [-0.4, -0.2) is 46.8 Å². The van der Waals surface area contributed by atoms with Gasteiger partial charge in [0, 0.05) is 23.4 Å². The number of nitrogens with zero attached hydrogens (tertiary/aromatic N) is 1. The number of amides is 2. The Balaban J connectivity index is 1.45. The van der Waals surface area contributed by atoms with Crippen molar-refractivity contribution in [2.45, 2.75) is 38.3 Å². The van der Waals surface area contributed by atoms with Crippen LogP contribution in [0.1, 0.15) is 35.8 Å². The SMILES string of the molecule is CC(C)[C@H](NC(=O)C(Cc1cncs1)NC(=O)OCC1c2ccccc2-c2ccccc21)C(=O)O. The molecule has 2 amide bonds. The van der Waals surface area contributed by atoms with Gasteiger partial charge in [-0.25, -0.2) is 9.59 Å². The zero-order chi connectivity index (χ0) is 24.9. The van der Waals surface area contributed by atoms with E-state index in [0.717, 1.165) is 27.1 Å². The van der Waals surface area contributed by atoms with E-state index in [1.807, 2.05) is 36.4 Å². The van der Waals surface area contributed by atoms with Gasteiger partial charge in [-0.1, -0.05) is 62.4 Å². The predicted octanol–water partition coefficient (Wildman–Crippen LogP) is 3.82. The van der Waals surface area contributed by atoms with Gasteiger partial charge in [-0.2, -0.15) is 0 Å². The minimum atomic E-state index is -1.13. The lowest BCUT2D eigenvalue weighted by Crippen LogP contribution is -2.54. The highest BCUT2D eigenvalue weighted by Crippen LogP contribution is 2.44. The molecule has 3 aromatic rings. The third-order valence-corrected chi connectivity index (χ3v) is 6.87. The molecule has 1 aliphatic carbocycles. The Morgan fingerprint density at radius 1 is 1.03 bits per heavy atom. The first-order chi connectivity index (χ1) is 16.8. The van der Waals surface area contributed by atoms with Crippen molar-refractivity contribution in [2.75, 3.05) is 6.61 Å². The normalized spacial score (nSPS) is 14.0. The molecule has 1 aliphatic rings. The molecule has 8 nitrogen and oxygen atoms in total. The summed E-state index contributed by atoms with van der Waals surface area (Å²) >= 11 is 1.35. The number of alkyl carbamates (subject to hydrolysis) is 1. The molecule has 35 heavy (non-hydrogen) atoms. The fourth-order valence-electron chi connectivity index (χ4n) is 4.30. The standard InChI is InChI=1S/C26H27N3O5S/c1-15(2)23(25(31)32)29-24(30)22(11-16-12-27-14-35-16)28-26(33)34-13-21-19-9-5-3-7-17(19)18-8-4-6-10-20(18)21/h3-10,12,14-15,21-23H,11,13H2,1-2H3,(H,28,33)(H,29,30)(H,31,32)/t22?,23-/m0/s1. The third-order valence-electron chi connectivity index (χ3n) is 6.07. The quantitative estimate of drug-likeness (QED) is 0.417. The van der Waals surface area contributed by atoms with Crippen LogP contribution in [0.5, 0.6) is 0 Å². The number of thiazole rings is 1. The van der Waals surface area contributed by atoms with E-state index in [-0.39, 0.29) is 24.9 Å². The van der Waals surface area contributed by atoms with Crippen molar-refractivity contribution in [2.24, 2.45) is 5.92 Å². The number of hydrogen-bond donors (Lipinski definition) is 3. The van der Waals surface area contributed by atoms with Crippen molar-refractivity contribution < 1.29 is 24.2 Å². The Morgan fingerprint density at radius 2 is 1.66 bits per heavy atom. The lowest BCUT2D eigenvalue weighted by Gasteiger charge is -2.23. The van der Waals surface area contributed by atoms with Gasteiger partial charge in [0.05, 0.1) is 5.51 Å². The molecular weight excluding hydrogens is 466 g/mol. The molecule has 0 saturated carbocycles. The van der Waals surface area contributed by atoms with E-state index in [4.69, 9.17) is 4.74 Å². The molecule has 0 bridgehead atoms. The van der Waals surface area contributed by atoms with Crippen LogP contribution >= 0.6 is 11.3 Å². The number of aromatic nitrogens is 1. The van der Waals surface area contributed by atoms with Crippen LogP contribution in [0.25, 0.3) is 11.1 Å². The Bertz CT molecular complexity index is 1170. The van der Waals surface area contributed by atoms with Gasteiger partial charge in [0.15, 0.2) is 0 Å². The first-order valence-corrected chi connectivity index (χ1v) is 12.2. The van der Waals surface area contributed by atoms with E-state index in [1.54, 1.807) is 25.6 Å². The van der Waals surface area contributed by atoms with Crippen LogP contribution in [-0.2, 0) is 20.7 Å². The number of hydrogen-bond acceptors (Lipinski definition) is 6. The van der Waals surface area contributed by atoms with Crippen molar-refractivity contribution in [3.63, 3.8) is 0 Å². The second kappa shape index (κ2) is 10.7. The summed E-state index contributed by atoms with van der Waals surface area (Å²) in [7, 11) is 0. The summed E-state index contributed by atoms with van der Waals surface area (Å²) in [6, 6.07) is 14.0. The average Bonchev–Trinajstić information content (AvgIpc) is 3.46. The van der Waals surface area contributed by atoms with Gasteiger partial charge < -0.3 is 20.5 Å². The van der Waals surface area contributed by atoms with Crippen molar-refractivity contribution in [3.05, 3.63) is 76.2 Å². The molecule has 0 spiro atoms. The molecule has 0 fully saturated rings. The largest absolute Gasteiger partial charge is 0.480 e. The Labute approximate surface area is 207 Å². The number of carboxylic acids is 1. The number of carbonyl (C=O) groups is 3. The maximum atomic E-state index is 13.0. The van der Waals surface area contributed by atoms with Gasteiger partial charge in [-0.3, -0.25) is 9.78 Å². The van der Waals surface area contributed by atoms with E-state index in [0.29, 0.717) is 0 Å². The maximum Gasteiger partial charge on any atom is 0.407 e. The maximum absolute atomic E-state index is 13.0. The number of nitrogens with one attached hydrogen (secondary N) is 2. The second-order valence-electron chi connectivity index (χ2n) is 8.76. The lowest BCUT2D eigenvalue weighted by molar-refractivity contribution is -0.143. The van der Waals surface area contributed by atoms with Gasteiger partial charge in [-0.05, 0) is 28.2 Å². The molecular formula is C26H27N3O5S. The summed E-state index contributed by atoms with van der Waals surface area (Å²) in [6.45, 7) is 3.52. The highest BCUT2D eigenvalue weighted by molar-refractivity contribution is 7.09. The van der Waals surface area contributed by atoms with Crippen molar-refractivity contribution in [3.8, 4) is 11.1 Å². The van der Waals surface area contributed by atoms with Gasteiger partial charge in [-0.15, -0.1) is 11.3 Å². The Hall–Kier alpha value is -3.72. The monoisotopic (exact) mass is 493 g/mol. The molecule has 0 saturated heterocycles. The van der Waals surface area contributed by atoms with E-state index >= 15 is 0 Å². The van der Waals surface area contributed by atoms with Crippen LogP contribution in [0.15, 0.2) is 60.2 Å². The summed E-state index contributed by atoms with van der Waals surface area (Å²) in [5, 5.41) is 14.6. The zero-order valence-electron chi connectivity index (χ0n) is 19.4. The zero-order valence-corrected chi connectivity index (χ0v) is 20.2. The second-order valence-corrected chi connectivity index (χ2v) is 9.73. The number of rotatable bonds is 9. The van der Waals surface area contributed by atoms with Gasteiger partial charge in [0.25, 0.3) is 0 Å². The fraction of sp³-hybridized carbons (Fsp3) is 0.308. The van der Waals surface area contributed by atoms with E-state index < -0.39 is 30.1 Å². The molecule has 182 valence electrons. The van der Waals surface area contributed by atoms with Gasteiger partial charge in [0.1, 0.15) is 18.7 Å². The summed E-state index contributed by atoms with van der Waals surface area (Å²) in [5.74, 6) is -2.16. The number of fused-ring (bicyclic) bond motifs is 3. The molecule has 0 aliphatic heterocycles. The molecule has 2 aromatic carbocycles. The molecule has 4 rings (SSSR count). The fourth-order valence-corrected chi connectivity index (χ4v) is 4.94. The molecule has 9 heteroatoms. The molecule has 0 radical (unpaired) electrons. The number of ether oxygens (including phenoxy) is 1. The molecule has 2 atom stereocenters. The number of aliphatic carboxylic acids is 1. The average molecular weight is 494 g/mol. The van der Waals surface area contributed by atoms with Crippen LogP contribution < -0.4 is 10.6 Å². The Morgan fingerprint density at radius 3 is 2.20 bits per heavy atom. The lowest BCUT2D eigenvalue weighted by atomic mass is 9.98. The summed E-state index contributed by atoms with van der Waals surface area (Å²) < 4.78 is 5.58. The summed E-state index contributed by atoms with van der Waals surface area (Å²) in [5.41, 5.74) is 6.04. The molecule has 1 unspecified atom stereocenters. The highest BCUT2D eigenvalue weighted by Gasteiger charge is 2.31. The minimum absolute atomic E-state index is 0.110. The number of carbonyl (C=O) groups excluding carboxylic acids is 2. The molecule has 1 heterocycles. The third kappa shape index (κ3) is 5.51. The first-order valence-electron chi connectivity index (χ1n) is 11.4. The van der Waals surface area contributed by atoms with Crippen molar-refractivity contribution >= 4 is 29.3 Å². The topological polar surface area (TPSA) is 118 Å². The predicted molar refractivity (Wildman–Crippen MR) is 132 cm³/mol. The minimum Gasteiger partial charge on any atom is -0.480 e. The first kappa shape index (κ1) is 24.4. The van der Waals surface area contributed by atoms with Crippen LogP contribution in [0.2, 0.25) is 0 Å². The molecule has 3 N–H and O–H groups in total. The van der Waals surface area contributed by atoms with Gasteiger partial charge in [0.2, 0.25) is 5.91 Å². The number of benzene rings is 2. The Kier molecular flexibility index (Phi) is 7.45. The van der Waals surface area contributed by atoms with E-state index in [2.05, 4.69) is 27.8 Å². The van der Waals surface area contributed by atoms with Crippen molar-refractivity contribution in [1.29, 1.82) is 0 Å². The van der Waals surface area contributed by atoms with Crippen LogP contribution in [0, 0.1) is 5.92 Å². The van der Waals surface area contributed by atoms with E-state index in [9.17, 15) is 19.5 Å². The summed E-state index contributed by atoms with van der Waals surface area (Å²) in [4.78, 5) is 42.1. The summed E-state index contributed by atoms with van der Waals surface area (Å²) in [6.07, 6.45) is 1.04. The number of carboxylic acid groups (broad SMARTS) is 1. The molecule has 1 aromatic heterocycles. The van der Waals surface area contributed by atoms with Crippen LogP contribution in [0.3, 0.4) is 0 Å². The van der Waals surface area contributed by atoms with E-state index in [1.165, 1.54) is 11.3 Å². The van der Waals surface area contributed by atoms with Crippen LogP contribution in [0.4, 0.5) is 4.79 Å².